The van der Waals surface area contributed by atoms with Crippen molar-refractivity contribution < 1.29 is 18.7 Å². The molecule has 124 valence electrons. The maximum absolute atomic E-state index is 12.8. The lowest BCUT2D eigenvalue weighted by Crippen LogP contribution is -2.27. The van der Waals surface area contributed by atoms with E-state index >= 15 is 0 Å². The Bertz CT molecular complexity index is 846. The summed E-state index contributed by atoms with van der Waals surface area (Å²) in [5.41, 5.74) is 0.574. The van der Waals surface area contributed by atoms with E-state index in [1.807, 2.05) is 0 Å². The number of thioether (sulfide) groups is 1. The van der Waals surface area contributed by atoms with Crippen LogP contribution < -0.4 is 14.4 Å². The number of carbonyl (C=O) groups is 1. The number of anilines is 1. The van der Waals surface area contributed by atoms with Gasteiger partial charge in [-0.05, 0) is 40.2 Å². The van der Waals surface area contributed by atoms with E-state index in [0.29, 0.717) is 36.8 Å². The second-order valence-corrected chi connectivity index (χ2v) is 7.15. The van der Waals surface area contributed by atoms with Gasteiger partial charge in [-0.1, -0.05) is 24.0 Å². The van der Waals surface area contributed by atoms with Gasteiger partial charge in [0.25, 0.3) is 5.91 Å². The molecule has 0 radical (unpaired) electrons. The number of hydrogen-bond donors (Lipinski definition) is 0. The Hall–Kier alpha value is -1.77. The third-order valence-corrected chi connectivity index (χ3v) is 5.02. The van der Waals surface area contributed by atoms with Crippen LogP contribution in [0.15, 0.2) is 44.3 Å². The molecule has 1 aliphatic heterocycles. The van der Waals surface area contributed by atoms with Gasteiger partial charge in [-0.3, -0.25) is 9.69 Å². The normalized spacial score (nSPS) is 16.1. The summed E-state index contributed by atoms with van der Waals surface area (Å²) < 4.78 is 17.0. The molecule has 1 aliphatic rings. The lowest BCUT2D eigenvalue weighted by molar-refractivity contribution is -0.113. The van der Waals surface area contributed by atoms with Gasteiger partial charge >= 0.3 is 0 Å². The Morgan fingerprint density at radius 3 is 2.67 bits per heavy atom. The summed E-state index contributed by atoms with van der Waals surface area (Å²) in [6.45, 7) is 0. The Kier molecular flexibility index (Phi) is 4.98. The number of hydrogen-bond acceptors (Lipinski definition) is 6. The highest BCUT2D eigenvalue weighted by Crippen LogP contribution is 2.41. The Labute approximate surface area is 156 Å². The van der Waals surface area contributed by atoms with Crippen LogP contribution in [0, 0.1) is 0 Å². The average molecular weight is 426 g/mol. The van der Waals surface area contributed by atoms with Crippen LogP contribution in [0.1, 0.15) is 5.76 Å². The number of rotatable bonds is 4. The van der Waals surface area contributed by atoms with Crippen LogP contribution in [0.4, 0.5) is 5.69 Å². The summed E-state index contributed by atoms with van der Waals surface area (Å²) in [5, 5.41) is 0. The number of thiocarbonyl (C=S) groups is 1. The van der Waals surface area contributed by atoms with Gasteiger partial charge < -0.3 is 13.9 Å². The second kappa shape index (κ2) is 7.00. The molecule has 0 unspecified atom stereocenters. The first-order valence-electron chi connectivity index (χ1n) is 6.79. The monoisotopic (exact) mass is 425 g/mol. The van der Waals surface area contributed by atoms with Crippen molar-refractivity contribution in [3.05, 3.63) is 45.7 Å². The summed E-state index contributed by atoms with van der Waals surface area (Å²) in [4.78, 5) is 14.7. The predicted molar refractivity (Wildman–Crippen MR) is 102 cm³/mol. The molecule has 3 rings (SSSR count). The fourth-order valence-electron chi connectivity index (χ4n) is 2.18. The molecule has 8 heteroatoms. The largest absolute Gasteiger partial charge is 0.497 e. The predicted octanol–water partition coefficient (Wildman–Crippen LogP) is 4.47. The molecule has 5 nitrogen and oxygen atoms in total. The standard InChI is InChI=1S/C16H12BrNO4S2/c1-20-9-3-5-11(12(7-9)21-2)18-15(19)13(24-16(18)23)8-10-4-6-14(17)22-10/h3-8H,1-2H3. The van der Waals surface area contributed by atoms with Crippen LogP contribution in [-0.4, -0.2) is 24.4 Å². The molecule has 0 atom stereocenters. The highest BCUT2D eigenvalue weighted by Gasteiger charge is 2.35. The van der Waals surface area contributed by atoms with E-state index in [1.54, 1.807) is 43.5 Å². The van der Waals surface area contributed by atoms with Gasteiger partial charge in [-0.15, -0.1) is 0 Å². The van der Waals surface area contributed by atoms with E-state index in [-0.39, 0.29) is 5.91 Å². The number of halogens is 1. The van der Waals surface area contributed by atoms with Crippen LogP contribution in [0.2, 0.25) is 0 Å². The first-order valence-corrected chi connectivity index (χ1v) is 8.80. The second-order valence-electron chi connectivity index (χ2n) is 4.70. The van der Waals surface area contributed by atoms with Crippen molar-refractivity contribution in [3.63, 3.8) is 0 Å². The third kappa shape index (κ3) is 3.22. The number of nitrogens with zero attached hydrogens (tertiary/aromatic N) is 1. The maximum Gasteiger partial charge on any atom is 0.271 e. The van der Waals surface area contributed by atoms with Crippen molar-refractivity contribution in [1.29, 1.82) is 0 Å². The Morgan fingerprint density at radius 2 is 2.04 bits per heavy atom. The number of ether oxygens (including phenoxy) is 2. The van der Waals surface area contributed by atoms with Crippen molar-refractivity contribution >= 4 is 61.9 Å². The molecular formula is C16H12BrNO4S2. The summed E-state index contributed by atoms with van der Waals surface area (Å²) in [7, 11) is 3.10. The molecule has 0 N–H and O–H groups in total. The lowest BCUT2D eigenvalue weighted by atomic mass is 10.2. The molecule has 0 bridgehead atoms. The first-order chi connectivity index (χ1) is 11.5. The summed E-state index contributed by atoms with van der Waals surface area (Å²) in [5.74, 6) is 1.50. The molecule has 1 saturated heterocycles. The molecule has 0 aliphatic carbocycles. The topological polar surface area (TPSA) is 51.9 Å². The van der Waals surface area contributed by atoms with Crippen molar-refractivity contribution in [2.24, 2.45) is 0 Å². The van der Waals surface area contributed by atoms with Crippen LogP contribution in [-0.2, 0) is 4.79 Å². The minimum atomic E-state index is -0.221. The van der Waals surface area contributed by atoms with Crippen molar-refractivity contribution in [2.45, 2.75) is 0 Å². The molecule has 2 heterocycles. The Balaban J connectivity index is 1.96. The van der Waals surface area contributed by atoms with E-state index in [1.165, 1.54) is 23.8 Å². The summed E-state index contributed by atoms with van der Waals surface area (Å²) in [6, 6.07) is 8.74. The van der Waals surface area contributed by atoms with Gasteiger partial charge in [0.2, 0.25) is 0 Å². The smallest absolute Gasteiger partial charge is 0.271 e. The van der Waals surface area contributed by atoms with Gasteiger partial charge in [-0.25, -0.2) is 0 Å². The lowest BCUT2D eigenvalue weighted by Gasteiger charge is -2.18. The van der Waals surface area contributed by atoms with Crippen LogP contribution in [0.3, 0.4) is 0 Å². The first kappa shape index (κ1) is 17.1. The Morgan fingerprint density at radius 1 is 1.25 bits per heavy atom. The minimum absolute atomic E-state index is 0.221. The highest BCUT2D eigenvalue weighted by atomic mass is 79.9. The number of carbonyl (C=O) groups excluding carboxylic acids is 1. The van der Waals surface area contributed by atoms with Crippen LogP contribution in [0.25, 0.3) is 6.08 Å². The van der Waals surface area contributed by atoms with Crippen molar-refractivity contribution in [3.8, 4) is 11.5 Å². The van der Waals surface area contributed by atoms with Gasteiger partial charge in [0.15, 0.2) is 8.99 Å². The van der Waals surface area contributed by atoms with E-state index in [4.69, 9.17) is 26.1 Å². The van der Waals surface area contributed by atoms with Crippen molar-refractivity contribution in [2.75, 3.05) is 19.1 Å². The molecule has 2 aromatic rings. The third-order valence-electron chi connectivity index (χ3n) is 3.29. The van der Waals surface area contributed by atoms with Crippen molar-refractivity contribution in [1.82, 2.24) is 0 Å². The molecule has 24 heavy (non-hydrogen) atoms. The van der Waals surface area contributed by atoms with E-state index < -0.39 is 0 Å². The fourth-order valence-corrected chi connectivity index (χ4v) is 3.76. The van der Waals surface area contributed by atoms with Gasteiger partial charge in [0, 0.05) is 12.1 Å². The SMILES string of the molecule is COc1ccc(N2C(=O)C(=Cc3ccc(Br)o3)SC2=S)c(OC)c1. The zero-order valence-corrected chi connectivity index (χ0v) is 16.0. The van der Waals surface area contributed by atoms with Gasteiger partial charge in [0.1, 0.15) is 17.3 Å². The molecule has 0 spiro atoms. The molecule has 1 aromatic heterocycles. The quantitative estimate of drug-likeness (QED) is 0.532. The number of amides is 1. The summed E-state index contributed by atoms with van der Waals surface area (Å²) >= 11 is 9.82. The summed E-state index contributed by atoms with van der Waals surface area (Å²) in [6.07, 6.45) is 1.67. The van der Waals surface area contributed by atoms with Crippen LogP contribution in [0.5, 0.6) is 11.5 Å². The average Bonchev–Trinajstić information content (AvgIpc) is 3.10. The molecule has 1 aromatic carbocycles. The van der Waals surface area contributed by atoms with Gasteiger partial charge in [-0.2, -0.15) is 0 Å². The van der Waals surface area contributed by atoms with Gasteiger partial charge in [0.05, 0.1) is 24.8 Å². The number of benzene rings is 1. The fraction of sp³-hybridized carbons (Fsp3) is 0.125. The van der Waals surface area contributed by atoms with Crippen LogP contribution >= 0.6 is 39.9 Å². The molecular weight excluding hydrogens is 414 g/mol. The molecule has 1 fully saturated rings. The minimum Gasteiger partial charge on any atom is -0.497 e. The van der Waals surface area contributed by atoms with E-state index in [2.05, 4.69) is 15.9 Å². The van der Waals surface area contributed by atoms with E-state index in [0.717, 1.165) is 0 Å². The molecule has 1 amide bonds. The zero-order valence-electron chi connectivity index (χ0n) is 12.7. The highest BCUT2D eigenvalue weighted by molar-refractivity contribution is 9.10. The van der Waals surface area contributed by atoms with E-state index in [9.17, 15) is 4.79 Å². The zero-order chi connectivity index (χ0) is 17.3. The molecule has 0 saturated carbocycles. The maximum atomic E-state index is 12.8. The number of furan rings is 1. The number of methoxy groups -OCH3 is 2.